The maximum atomic E-state index is 13.6. The summed E-state index contributed by atoms with van der Waals surface area (Å²) < 4.78 is 42.1. The van der Waals surface area contributed by atoms with E-state index in [1.807, 2.05) is 49.4 Å². The summed E-state index contributed by atoms with van der Waals surface area (Å²) in [6.45, 7) is 4.34. The molecule has 184 valence electrons. The Morgan fingerprint density at radius 3 is 2.56 bits per heavy atom. The lowest BCUT2D eigenvalue weighted by molar-refractivity contribution is -0.286. The van der Waals surface area contributed by atoms with Gasteiger partial charge in [0.2, 0.25) is 0 Å². The molecule has 0 bridgehead atoms. The van der Waals surface area contributed by atoms with E-state index >= 15 is 0 Å². The standard InChI is InChI=1S/C27H23F2N3O4/c1-15-16(2)34-22-11-9-19(13-20(15)22)30-26(33)32-14-21(25(31-32)17-6-4-3-5-7-17)18-8-10-23-24(12-18)36-27(28,29)35-23/h3-13,15-16,21H,14H2,1-2H3,(H,30,33). The maximum Gasteiger partial charge on any atom is 0.586 e. The molecule has 36 heavy (non-hydrogen) atoms. The zero-order valence-corrected chi connectivity index (χ0v) is 19.6. The smallest absolute Gasteiger partial charge is 0.490 e. The third kappa shape index (κ3) is 3.90. The van der Waals surface area contributed by atoms with Crippen LogP contribution >= 0.6 is 0 Å². The molecule has 3 atom stereocenters. The molecule has 2 amide bonds. The Hall–Kier alpha value is -4.14. The highest BCUT2D eigenvalue weighted by Gasteiger charge is 2.44. The quantitative estimate of drug-likeness (QED) is 0.493. The van der Waals surface area contributed by atoms with Crippen LogP contribution in [0.3, 0.4) is 0 Å². The zero-order chi connectivity index (χ0) is 25.0. The van der Waals surface area contributed by atoms with Gasteiger partial charge in [-0.3, -0.25) is 0 Å². The van der Waals surface area contributed by atoms with E-state index in [9.17, 15) is 13.6 Å². The van der Waals surface area contributed by atoms with Crippen molar-refractivity contribution in [1.29, 1.82) is 0 Å². The van der Waals surface area contributed by atoms with Crippen LogP contribution in [0.5, 0.6) is 17.2 Å². The number of fused-ring (bicyclic) bond motifs is 2. The van der Waals surface area contributed by atoms with Crippen LogP contribution in [-0.4, -0.2) is 35.7 Å². The first-order valence-electron chi connectivity index (χ1n) is 11.7. The highest BCUT2D eigenvalue weighted by atomic mass is 19.3. The number of hydrazone groups is 1. The third-order valence-corrected chi connectivity index (χ3v) is 6.81. The lowest BCUT2D eigenvalue weighted by atomic mass is 9.90. The fourth-order valence-electron chi connectivity index (χ4n) is 4.77. The molecule has 3 unspecified atom stereocenters. The van der Waals surface area contributed by atoms with Crippen LogP contribution in [-0.2, 0) is 0 Å². The van der Waals surface area contributed by atoms with Gasteiger partial charge < -0.3 is 19.5 Å². The first kappa shape index (κ1) is 22.3. The fraction of sp³-hybridized carbons (Fsp3) is 0.259. The summed E-state index contributed by atoms with van der Waals surface area (Å²) in [4.78, 5) is 13.2. The van der Waals surface area contributed by atoms with Gasteiger partial charge in [-0.2, -0.15) is 5.10 Å². The highest BCUT2D eigenvalue weighted by molar-refractivity contribution is 6.08. The minimum atomic E-state index is -3.70. The monoisotopic (exact) mass is 491 g/mol. The van der Waals surface area contributed by atoms with Crippen LogP contribution in [0, 0.1) is 0 Å². The summed E-state index contributed by atoms with van der Waals surface area (Å²) in [7, 11) is 0. The van der Waals surface area contributed by atoms with Crippen LogP contribution in [0.15, 0.2) is 71.8 Å². The van der Waals surface area contributed by atoms with Gasteiger partial charge >= 0.3 is 12.3 Å². The van der Waals surface area contributed by atoms with Gasteiger partial charge in [-0.1, -0.05) is 43.3 Å². The molecular formula is C27H23F2N3O4. The van der Waals surface area contributed by atoms with E-state index in [0.717, 1.165) is 16.9 Å². The number of nitrogens with one attached hydrogen (secondary N) is 1. The van der Waals surface area contributed by atoms with Crippen molar-refractivity contribution in [3.8, 4) is 17.2 Å². The molecule has 3 heterocycles. The van der Waals surface area contributed by atoms with Crippen LogP contribution in [0.4, 0.5) is 19.3 Å². The molecule has 0 fully saturated rings. The molecule has 1 N–H and O–H groups in total. The van der Waals surface area contributed by atoms with E-state index < -0.39 is 12.3 Å². The molecule has 3 aromatic rings. The molecule has 3 aliphatic heterocycles. The number of amides is 2. The number of halogens is 2. The lowest BCUT2D eigenvalue weighted by Gasteiger charge is -2.16. The van der Waals surface area contributed by atoms with Crippen molar-refractivity contribution < 1.29 is 27.8 Å². The van der Waals surface area contributed by atoms with Gasteiger partial charge in [0.05, 0.1) is 12.3 Å². The normalized spacial score (nSPS) is 23.2. The number of carbonyl (C=O) groups is 1. The van der Waals surface area contributed by atoms with Gasteiger partial charge in [0.1, 0.15) is 11.9 Å². The van der Waals surface area contributed by atoms with E-state index in [0.29, 0.717) is 17.0 Å². The second-order valence-corrected chi connectivity index (χ2v) is 9.15. The SMILES string of the molecule is CC1Oc2ccc(NC(=O)N3CC(c4ccc5c(c4)OC(F)(F)O5)C(c4ccccc4)=N3)cc2C1C. The number of nitrogens with zero attached hydrogens (tertiary/aromatic N) is 2. The maximum absolute atomic E-state index is 13.6. The van der Waals surface area contributed by atoms with Crippen LogP contribution < -0.4 is 19.5 Å². The van der Waals surface area contributed by atoms with Gasteiger partial charge in [-0.15, -0.1) is 8.78 Å². The molecule has 0 spiro atoms. The van der Waals surface area contributed by atoms with Crippen molar-refractivity contribution in [3.63, 3.8) is 0 Å². The molecule has 0 radical (unpaired) electrons. The minimum absolute atomic E-state index is 0.0290. The Morgan fingerprint density at radius 2 is 1.75 bits per heavy atom. The van der Waals surface area contributed by atoms with E-state index in [1.54, 1.807) is 12.1 Å². The number of urea groups is 1. The van der Waals surface area contributed by atoms with E-state index in [2.05, 4.69) is 26.8 Å². The van der Waals surface area contributed by atoms with Crippen molar-refractivity contribution in [2.75, 3.05) is 11.9 Å². The first-order chi connectivity index (χ1) is 17.3. The predicted octanol–water partition coefficient (Wildman–Crippen LogP) is 5.93. The molecule has 3 aromatic carbocycles. The van der Waals surface area contributed by atoms with Crippen molar-refractivity contribution >= 4 is 17.4 Å². The molecule has 6 rings (SSSR count). The summed E-state index contributed by atoms with van der Waals surface area (Å²) >= 11 is 0. The number of ether oxygens (including phenoxy) is 3. The van der Waals surface area contributed by atoms with Gasteiger partial charge in [-0.05, 0) is 48.4 Å². The molecule has 7 nitrogen and oxygen atoms in total. The molecule has 9 heteroatoms. The summed E-state index contributed by atoms with van der Waals surface area (Å²) in [5, 5.41) is 8.92. The Balaban J connectivity index is 1.28. The van der Waals surface area contributed by atoms with Gasteiger partial charge in [0, 0.05) is 23.1 Å². The molecular weight excluding hydrogens is 468 g/mol. The topological polar surface area (TPSA) is 72.4 Å². The molecule has 0 saturated heterocycles. The number of hydrogen-bond acceptors (Lipinski definition) is 5. The van der Waals surface area contributed by atoms with Crippen LogP contribution in [0.1, 0.15) is 42.4 Å². The van der Waals surface area contributed by atoms with Gasteiger partial charge in [0.15, 0.2) is 11.5 Å². The predicted molar refractivity (Wildman–Crippen MR) is 129 cm³/mol. The van der Waals surface area contributed by atoms with Gasteiger partial charge in [0.25, 0.3) is 0 Å². The number of anilines is 1. The largest absolute Gasteiger partial charge is 0.586 e. The fourth-order valence-corrected chi connectivity index (χ4v) is 4.77. The van der Waals surface area contributed by atoms with E-state index in [1.165, 1.54) is 17.1 Å². The summed E-state index contributed by atoms with van der Waals surface area (Å²) in [5.41, 5.74) is 3.86. The lowest BCUT2D eigenvalue weighted by Crippen LogP contribution is -2.30. The molecule has 0 aliphatic carbocycles. The number of carbonyl (C=O) groups excluding carboxylic acids is 1. The average Bonchev–Trinajstić information content (AvgIpc) is 3.52. The Kier molecular flexibility index (Phi) is 5.10. The summed E-state index contributed by atoms with van der Waals surface area (Å²) in [6, 6.07) is 19.3. The Labute approximate surface area is 206 Å². The van der Waals surface area contributed by atoms with Crippen molar-refractivity contribution in [1.82, 2.24) is 5.01 Å². The van der Waals surface area contributed by atoms with Crippen molar-refractivity contribution in [2.24, 2.45) is 5.10 Å². The Morgan fingerprint density at radius 1 is 1.00 bits per heavy atom. The van der Waals surface area contributed by atoms with Crippen molar-refractivity contribution in [3.05, 3.63) is 83.4 Å². The number of alkyl halides is 2. The number of benzene rings is 3. The second-order valence-electron chi connectivity index (χ2n) is 9.15. The molecule has 0 saturated carbocycles. The van der Waals surface area contributed by atoms with E-state index in [-0.39, 0.29) is 36.0 Å². The third-order valence-electron chi connectivity index (χ3n) is 6.81. The van der Waals surface area contributed by atoms with Crippen LogP contribution in [0.2, 0.25) is 0 Å². The zero-order valence-electron chi connectivity index (χ0n) is 19.6. The number of rotatable bonds is 3. The average molecular weight is 491 g/mol. The summed E-state index contributed by atoms with van der Waals surface area (Å²) in [5.74, 6) is 0.617. The van der Waals surface area contributed by atoms with E-state index in [4.69, 9.17) is 4.74 Å². The minimum Gasteiger partial charge on any atom is -0.490 e. The highest BCUT2D eigenvalue weighted by Crippen LogP contribution is 2.43. The molecule has 0 aromatic heterocycles. The first-order valence-corrected chi connectivity index (χ1v) is 11.7. The van der Waals surface area contributed by atoms with Gasteiger partial charge in [-0.25, -0.2) is 9.80 Å². The second kappa shape index (κ2) is 8.22. The summed E-state index contributed by atoms with van der Waals surface area (Å²) in [6.07, 6.45) is -3.63. The Bertz CT molecular complexity index is 1380. The number of hydrogen-bond donors (Lipinski definition) is 1. The molecule has 3 aliphatic rings. The van der Waals surface area contributed by atoms with Crippen LogP contribution in [0.25, 0.3) is 0 Å². The van der Waals surface area contributed by atoms with Crippen molar-refractivity contribution in [2.45, 2.75) is 38.1 Å².